The summed E-state index contributed by atoms with van der Waals surface area (Å²) in [5, 5.41) is 11.9. The molecule has 0 bridgehead atoms. The number of nitrogens with zero attached hydrogens (tertiary/aromatic N) is 6. The second-order valence-corrected chi connectivity index (χ2v) is 9.04. The number of fused-ring (bicyclic) bond motifs is 1. The standard InChI is InChI=1S/C25H28N8/c1-2-8-17(7-1)28-24-26-14-12-19(30-24)22-21-11-5-6-16-33(21)32-23(22)20-13-15-27-25(31-20)29-18-9-3-4-10-18/h5-6,11-18H,1-4,7-10H2,(H,26,28,30)(H,27,29,31). The molecule has 8 heteroatoms. The maximum absolute atomic E-state index is 4.89. The average molecular weight is 441 g/mol. The van der Waals surface area contributed by atoms with Gasteiger partial charge in [-0.1, -0.05) is 31.7 Å². The minimum absolute atomic E-state index is 0.451. The van der Waals surface area contributed by atoms with Crippen molar-refractivity contribution in [3.05, 3.63) is 48.9 Å². The molecule has 0 saturated heterocycles. The highest BCUT2D eigenvalue weighted by Crippen LogP contribution is 2.34. The molecule has 0 spiro atoms. The molecule has 4 heterocycles. The molecule has 8 nitrogen and oxygen atoms in total. The molecule has 4 aromatic heterocycles. The third-order valence-corrected chi connectivity index (χ3v) is 6.73. The molecule has 6 rings (SSSR count). The van der Waals surface area contributed by atoms with Gasteiger partial charge in [0.2, 0.25) is 11.9 Å². The molecule has 4 aromatic rings. The van der Waals surface area contributed by atoms with Gasteiger partial charge >= 0.3 is 0 Å². The second kappa shape index (κ2) is 8.77. The van der Waals surface area contributed by atoms with Crippen LogP contribution in [0.1, 0.15) is 51.4 Å². The first-order chi connectivity index (χ1) is 16.3. The van der Waals surface area contributed by atoms with E-state index in [9.17, 15) is 0 Å². The Kier molecular flexibility index (Phi) is 5.34. The van der Waals surface area contributed by atoms with Gasteiger partial charge in [-0.15, -0.1) is 0 Å². The minimum Gasteiger partial charge on any atom is -0.351 e. The molecule has 0 aliphatic heterocycles. The third kappa shape index (κ3) is 4.13. The Morgan fingerprint density at radius 3 is 2.00 bits per heavy atom. The molecule has 2 fully saturated rings. The van der Waals surface area contributed by atoms with E-state index in [1.807, 2.05) is 41.2 Å². The van der Waals surface area contributed by atoms with E-state index in [0.29, 0.717) is 24.0 Å². The molecule has 2 aliphatic carbocycles. The maximum atomic E-state index is 4.89. The van der Waals surface area contributed by atoms with Crippen molar-refractivity contribution < 1.29 is 0 Å². The van der Waals surface area contributed by atoms with E-state index in [0.717, 1.165) is 28.2 Å². The van der Waals surface area contributed by atoms with E-state index in [4.69, 9.17) is 15.1 Å². The van der Waals surface area contributed by atoms with Crippen LogP contribution in [0.5, 0.6) is 0 Å². The predicted molar refractivity (Wildman–Crippen MR) is 129 cm³/mol. The SMILES string of the molecule is c1ccn2nc(-c3ccnc(NC4CCCC4)n3)c(-c3ccnc(NC4CCCC4)n3)c2c1. The van der Waals surface area contributed by atoms with Gasteiger partial charge in [-0.05, 0) is 49.9 Å². The number of nitrogens with one attached hydrogen (secondary N) is 2. The highest BCUT2D eigenvalue weighted by molar-refractivity contribution is 5.90. The summed E-state index contributed by atoms with van der Waals surface area (Å²) in [5.41, 5.74) is 4.36. The number of pyridine rings is 1. The number of anilines is 2. The fraction of sp³-hybridized carbons (Fsp3) is 0.400. The Bertz CT molecular complexity index is 1250. The monoisotopic (exact) mass is 440 g/mol. The van der Waals surface area contributed by atoms with E-state index in [2.05, 4.69) is 26.7 Å². The van der Waals surface area contributed by atoms with Gasteiger partial charge in [0.1, 0.15) is 5.69 Å². The number of hydrogen-bond donors (Lipinski definition) is 2. The van der Waals surface area contributed by atoms with E-state index in [1.54, 1.807) is 6.20 Å². The molecule has 0 atom stereocenters. The molecule has 0 amide bonds. The van der Waals surface area contributed by atoms with Crippen molar-refractivity contribution in [3.8, 4) is 22.6 Å². The first-order valence-electron chi connectivity index (χ1n) is 12.0. The van der Waals surface area contributed by atoms with E-state index in [-0.39, 0.29) is 0 Å². The summed E-state index contributed by atoms with van der Waals surface area (Å²) >= 11 is 0. The zero-order chi connectivity index (χ0) is 22.0. The van der Waals surface area contributed by atoms with Crippen LogP contribution in [0.4, 0.5) is 11.9 Å². The van der Waals surface area contributed by atoms with Crippen molar-refractivity contribution in [2.75, 3.05) is 10.6 Å². The molecule has 33 heavy (non-hydrogen) atoms. The van der Waals surface area contributed by atoms with Crippen molar-refractivity contribution in [2.24, 2.45) is 0 Å². The van der Waals surface area contributed by atoms with Gasteiger partial charge in [0, 0.05) is 30.7 Å². The molecule has 0 radical (unpaired) electrons. The van der Waals surface area contributed by atoms with Crippen molar-refractivity contribution in [2.45, 2.75) is 63.5 Å². The Labute approximate surface area is 192 Å². The van der Waals surface area contributed by atoms with Gasteiger partial charge in [0.05, 0.1) is 22.5 Å². The molecule has 168 valence electrons. The lowest BCUT2D eigenvalue weighted by atomic mass is 10.1. The van der Waals surface area contributed by atoms with Crippen molar-refractivity contribution >= 4 is 17.4 Å². The highest BCUT2D eigenvalue weighted by Gasteiger charge is 2.22. The Morgan fingerprint density at radius 2 is 1.33 bits per heavy atom. The average Bonchev–Trinajstić information content (AvgIpc) is 3.61. The number of rotatable bonds is 6. The second-order valence-electron chi connectivity index (χ2n) is 9.04. The largest absolute Gasteiger partial charge is 0.351 e. The van der Waals surface area contributed by atoms with E-state index < -0.39 is 0 Å². The van der Waals surface area contributed by atoms with Gasteiger partial charge < -0.3 is 10.6 Å². The van der Waals surface area contributed by atoms with Crippen LogP contribution in [0, 0.1) is 0 Å². The van der Waals surface area contributed by atoms with Crippen LogP contribution >= 0.6 is 0 Å². The zero-order valence-electron chi connectivity index (χ0n) is 18.6. The Balaban J connectivity index is 1.40. The van der Waals surface area contributed by atoms with Gasteiger partial charge in [0.15, 0.2) is 0 Å². The van der Waals surface area contributed by atoms with Crippen LogP contribution in [0.2, 0.25) is 0 Å². The first kappa shape index (κ1) is 20.1. The summed E-state index contributed by atoms with van der Waals surface area (Å²) in [4.78, 5) is 18.7. The normalized spacial score (nSPS) is 17.1. The van der Waals surface area contributed by atoms with Crippen LogP contribution in [0.15, 0.2) is 48.9 Å². The molecule has 0 aromatic carbocycles. The summed E-state index contributed by atoms with van der Waals surface area (Å²) in [7, 11) is 0. The van der Waals surface area contributed by atoms with Crippen LogP contribution in [-0.2, 0) is 0 Å². The summed E-state index contributed by atoms with van der Waals surface area (Å²) in [6, 6.07) is 10.8. The van der Waals surface area contributed by atoms with Crippen LogP contribution in [0.25, 0.3) is 28.2 Å². The quantitative estimate of drug-likeness (QED) is 0.438. The van der Waals surface area contributed by atoms with Gasteiger partial charge in [-0.25, -0.2) is 24.5 Å². The molecular weight excluding hydrogens is 412 g/mol. The number of hydrogen-bond acceptors (Lipinski definition) is 7. The lowest BCUT2D eigenvalue weighted by Crippen LogP contribution is -2.16. The molecule has 2 aliphatic rings. The maximum Gasteiger partial charge on any atom is 0.223 e. The van der Waals surface area contributed by atoms with Crippen LogP contribution < -0.4 is 10.6 Å². The topological polar surface area (TPSA) is 92.9 Å². The minimum atomic E-state index is 0.451. The fourth-order valence-corrected chi connectivity index (χ4v) is 5.06. The first-order valence-corrected chi connectivity index (χ1v) is 12.0. The van der Waals surface area contributed by atoms with Crippen molar-refractivity contribution in [1.29, 1.82) is 0 Å². The molecule has 2 saturated carbocycles. The summed E-state index contributed by atoms with van der Waals surface area (Å²) in [6.07, 6.45) is 15.3. The van der Waals surface area contributed by atoms with Crippen LogP contribution in [-0.4, -0.2) is 41.6 Å². The highest BCUT2D eigenvalue weighted by atomic mass is 15.2. The van der Waals surface area contributed by atoms with E-state index in [1.165, 1.54) is 51.4 Å². The fourth-order valence-electron chi connectivity index (χ4n) is 5.06. The van der Waals surface area contributed by atoms with Gasteiger partial charge in [-0.3, -0.25) is 0 Å². The third-order valence-electron chi connectivity index (χ3n) is 6.73. The smallest absolute Gasteiger partial charge is 0.223 e. The lowest BCUT2D eigenvalue weighted by molar-refractivity contribution is 0.744. The summed E-state index contributed by atoms with van der Waals surface area (Å²) < 4.78 is 1.89. The van der Waals surface area contributed by atoms with E-state index >= 15 is 0 Å². The Morgan fingerprint density at radius 1 is 0.727 bits per heavy atom. The molecule has 0 unspecified atom stereocenters. The van der Waals surface area contributed by atoms with Crippen molar-refractivity contribution in [3.63, 3.8) is 0 Å². The zero-order valence-corrected chi connectivity index (χ0v) is 18.6. The molecular formula is C25H28N8. The summed E-state index contributed by atoms with van der Waals surface area (Å²) in [5.74, 6) is 1.33. The summed E-state index contributed by atoms with van der Waals surface area (Å²) in [6.45, 7) is 0. The van der Waals surface area contributed by atoms with Gasteiger partial charge in [0.25, 0.3) is 0 Å². The van der Waals surface area contributed by atoms with Crippen LogP contribution in [0.3, 0.4) is 0 Å². The van der Waals surface area contributed by atoms with Crippen molar-refractivity contribution in [1.82, 2.24) is 29.5 Å². The van der Waals surface area contributed by atoms with Gasteiger partial charge in [-0.2, -0.15) is 5.10 Å². The molecule has 2 N–H and O–H groups in total. The Hall–Kier alpha value is -3.55. The predicted octanol–water partition coefficient (Wildman–Crippen LogP) is 4.96. The lowest BCUT2D eigenvalue weighted by Gasteiger charge is -2.13. The number of aromatic nitrogens is 6.